The molecule has 0 saturated carbocycles. The van der Waals surface area contributed by atoms with Crippen LogP contribution in [0, 0.1) is 5.82 Å². The number of para-hydroxylation sites is 1. The van der Waals surface area contributed by atoms with Crippen LogP contribution >= 0.6 is 0 Å². The highest BCUT2D eigenvalue weighted by Crippen LogP contribution is 2.15. The molecule has 6 heteroatoms. The maximum absolute atomic E-state index is 13.4. The molecular weight excluding hydrogens is 275 g/mol. The van der Waals surface area contributed by atoms with Crippen LogP contribution in [0.3, 0.4) is 0 Å². The molecule has 1 aliphatic heterocycles. The number of amides is 1. The van der Waals surface area contributed by atoms with Gasteiger partial charge in [0.05, 0.1) is 18.7 Å². The zero-order valence-electron chi connectivity index (χ0n) is 12.3. The molecule has 0 spiro atoms. The average molecular weight is 296 g/mol. The summed E-state index contributed by atoms with van der Waals surface area (Å²) >= 11 is 0. The zero-order chi connectivity index (χ0) is 15.2. The van der Waals surface area contributed by atoms with Crippen molar-refractivity contribution in [2.45, 2.75) is 18.6 Å². The van der Waals surface area contributed by atoms with E-state index in [1.54, 1.807) is 37.3 Å². The largest absolute Gasteiger partial charge is 0.489 e. The number of halogens is 1. The van der Waals surface area contributed by atoms with Crippen LogP contribution < -0.4 is 10.1 Å². The number of nitrogens with one attached hydrogen (secondary N) is 1. The smallest absolute Gasteiger partial charge is 0.239 e. The van der Waals surface area contributed by atoms with Gasteiger partial charge in [-0.2, -0.15) is 0 Å². The number of carbonyl (C=O) groups is 1. The number of hydrogen-bond donors (Lipinski definition) is 1. The summed E-state index contributed by atoms with van der Waals surface area (Å²) in [6, 6.07) is 6.01. The van der Waals surface area contributed by atoms with Crippen molar-refractivity contribution in [1.29, 1.82) is 0 Å². The number of likely N-dealkylation sites (N-methyl/N-ethyl adjacent to an activating group) is 1. The van der Waals surface area contributed by atoms with Gasteiger partial charge in [-0.05, 0) is 18.6 Å². The highest BCUT2D eigenvalue weighted by Gasteiger charge is 2.30. The summed E-state index contributed by atoms with van der Waals surface area (Å²) in [7, 11) is 3.36. The van der Waals surface area contributed by atoms with E-state index in [9.17, 15) is 9.18 Å². The van der Waals surface area contributed by atoms with Gasteiger partial charge in [0.25, 0.3) is 0 Å². The lowest BCUT2D eigenvalue weighted by molar-refractivity contribution is -0.132. The van der Waals surface area contributed by atoms with Gasteiger partial charge in [0.15, 0.2) is 11.6 Å². The third-order valence-corrected chi connectivity index (χ3v) is 3.62. The van der Waals surface area contributed by atoms with Crippen LogP contribution in [0.25, 0.3) is 0 Å². The minimum absolute atomic E-state index is 0.00619. The molecule has 5 nitrogen and oxygen atoms in total. The Morgan fingerprint density at radius 1 is 1.48 bits per heavy atom. The zero-order valence-corrected chi connectivity index (χ0v) is 12.3. The van der Waals surface area contributed by atoms with E-state index in [1.165, 1.54) is 6.07 Å². The summed E-state index contributed by atoms with van der Waals surface area (Å²) < 4.78 is 23.9. The number of ether oxygens (including phenoxy) is 2. The lowest BCUT2D eigenvalue weighted by Crippen LogP contribution is -2.43. The van der Waals surface area contributed by atoms with E-state index >= 15 is 0 Å². The first-order chi connectivity index (χ1) is 10.1. The first-order valence-corrected chi connectivity index (χ1v) is 7.00. The number of carbonyl (C=O) groups excluding carboxylic acids is 1. The van der Waals surface area contributed by atoms with Crippen molar-refractivity contribution in [3.05, 3.63) is 30.1 Å². The number of benzene rings is 1. The Labute approximate surface area is 124 Å². The molecule has 2 rings (SSSR count). The fraction of sp³-hybridized carbons (Fsp3) is 0.533. The molecule has 21 heavy (non-hydrogen) atoms. The molecule has 0 radical (unpaired) electrons. The van der Waals surface area contributed by atoms with Crippen molar-refractivity contribution in [1.82, 2.24) is 10.2 Å². The van der Waals surface area contributed by atoms with Crippen molar-refractivity contribution in [3.63, 3.8) is 0 Å². The molecule has 2 atom stereocenters. The lowest BCUT2D eigenvalue weighted by atomic mass is 10.2. The highest BCUT2D eigenvalue weighted by molar-refractivity contribution is 5.82. The summed E-state index contributed by atoms with van der Waals surface area (Å²) in [6.07, 6.45) is 0.760. The minimum Gasteiger partial charge on any atom is -0.489 e. The van der Waals surface area contributed by atoms with E-state index in [2.05, 4.69) is 5.32 Å². The van der Waals surface area contributed by atoms with Gasteiger partial charge in [-0.3, -0.25) is 4.79 Å². The van der Waals surface area contributed by atoms with Crippen LogP contribution in [0.2, 0.25) is 0 Å². The first-order valence-electron chi connectivity index (χ1n) is 7.00. The Balaban J connectivity index is 1.75. The number of nitrogens with zero attached hydrogens (tertiary/aromatic N) is 1. The van der Waals surface area contributed by atoms with Crippen LogP contribution in [0.15, 0.2) is 24.3 Å². The molecule has 1 heterocycles. The van der Waals surface area contributed by atoms with E-state index in [4.69, 9.17) is 9.47 Å². The van der Waals surface area contributed by atoms with Gasteiger partial charge in [-0.25, -0.2) is 4.39 Å². The van der Waals surface area contributed by atoms with Crippen molar-refractivity contribution >= 4 is 5.91 Å². The van der Waals surface area contributed by atoms with Gasteiger partial charge in [-0.15, -0.1) is 0 Å². The highest BCUT2D eigenvalue weighted by atomic mass is 19.1. The molecule has 1 aromatic rings. The Morgan fingerprint density at radius 3 is 2.90 bits per heavy atom. The third-order valence-electron chi connectivity index (χ3n) is 3.62. The van der Waals surface area contributed by atoms with Crippen LogP contribution in [0.4, 0.5) is 4.39 Å². The summed E-state index contributed by atoms with van der Waals surface area (Å²) in [5.41, 5.74) is 0. The topological polar surface area (TPSA) is 50.8 Å². The molecule has 1 amide bonds. The summed E-state index contributed by atoms with van der Waals surface area (Å²) in [6.45, 7) is 1.35. The van der Waals surface area contributed by atoms with Crippen LogP contribution in [-0.2, 0) is 9.53 Å². The number of rotatable bonds is 6. The predicted octanol–water partition coefficient (Wildman–Crippen LogP) is 1.04. The summed E-state index contributed by atoms with van der Waals surface area (Å²) in [5.74, 6) is -0.185. The van der Waals surface area contributed by atoms with Gasteiger partial charge in [-0.1, -0.05) is 12.1 Å². The maximum atomic E-state index is 13.4. The molecule has 0 aliphatic carbocycles. The molecule has 1 saturated heterocycles. The van der Waals surface area contributed by atoms with Gasteiger partial charge in [0.2, 0.25) is 5.91 Å². The van der Waals surface area contributed by atoms with Crippen LogP contribution in [0.5, 0.6) is 5.75 Å². The second kappa shape index (κ2) is 7.38. The molecule has 1 N–H and O–H groups in total. The van der Waals surface area contributed by atoms with Crippen LogP contribution in [-0.4, -0.2) is 56.8 Å². The average Bonchev–Trinajstić information content (AvgIpc) is 2.97. The predicted molar refractivity (Wildman–Crippen MR) is 76.7 cm³/mol. The quantitative estimate of drug-likeness (QED) is 0.852. The van der Waals surface area contributed by atoms with E-state index in [0.29, 0.717) is 19.5 Å². The van der Waals surface area contributed by atoms with Gasteiger partial charge in [0.1, 0.15) is 6.61 Å². The Morgan fingerprint density at radius 2 is 2.24 bits per heavy atom. The molecule has 0 bridgehead atoms. The summed E-state index contributed by atoms with van der Waals surface area (Å²) in [4.78, 5) is 13.8. The van der Waals surface area contributed by atoms with E-state index in [-0.39, 0.29) is 30.4 Å². The fourth-order valence-electron chi connectivity index (χ4n) is 2.30. The number of hydrogen-bond acceptors (Lipinski definition) is 4. The second-order valence-electron chi connectivity index (χ2n) is 5.09. The molecule has 1 aliphatic rings. The molecule has 0 aromatic heterocycles. The normalized spacial score (nSPS) is 21.3. The van der Waals surface area contributed by atoms with E-state index < -0.39 is 5.82 Å². The van der Waals surface area contributed by atoms with Gasteiger partial charge < -0.3 is 19.7 Å². The maximum Gasteiger partial charge on any atom is 0.239 e. The van der Waals surface area contributed by atoms with Crippen molar-refractivity contribution in [2.24, 2.45) is 0 Å². The molecular formula is C15H21FN2O3. The Bertz CT molecular complexity index is 484. The monoisotopic (exact) mass is 296 g/mol. The van der Waals surface area contributed by atoms with Gasteiger partial charge >= 0.3 is 0 Å². The van der Waals surface area contributed by atoms with Gasteiger partial charge in [0, 0.05) is 20.7 Å². The van der Waals surface area contributed by atoms with Crippen molar-refractivity contribution in [3.8, 4) is 5.75 Å². The minimum atomic E-state index is -0.396. The third kappa shape index (κ3) is 4.15. The first kappa shape index (κ1) is 15.7. The Kier molecular flexibility index (Phi) is 5.52. The molecule has 2 unspecified atom stereocenters. The standard InChI is InChI=1S/C15H21FN2O3/c1-18(15(19)13-9-11(20-2)10-17-13)7-8-21-14-6-4-3-5-12(14)16/h3-6,11,13,17H,7-10H2,1-2H3. The SMILES string of the molecule is COC1CNC(C(=O)N(C)CCOc2ccccc2F)C1. The molecule has 1 fully saturated rings. The van der Waals surface area contributed by atoms with E-state index in [1.807, 2.05) is 0 Å². The van der Waals surface area contributed by atoms with Crippen molar-refractivity contribution < 1.29 is 18.7 Å². The molecule has 116 valence electrons. The Hall–Kier alpha value is -1.66. The summed E-state index contributed by atoms with van der Waals surface area (Å²) in [5, 5.41) is 3.14. The van der Waals surface area contributed by atoms with Crippen LogP contribution in [0.1, 0.15) is 6.42 Å². The molecule has 1 aromatic carbocycles. The second-order valence-corrected chi connectivity index (χ2v) is 5.09. The van der Waals surface area contributed by atoms with Crippen molar-refractivity contribution in [2.75, 3.05) is 33.9 Å². The van der Waals surface area contributed by atoms with E-state index in [0.717, 1.165) is 0 Å². The lowest BCUT2D eigenvalue weighted by Gasteiger charge is -2.21. The fourth-order valence-corrected chi connectivity index (χ4v) is 2.30. The number of methoxy groups -OCH3 is 1.